The van der Waals surface area contributed by atoms with Gasteiger partial charge in [0, 0.05) is 61.9 Å². The molecule has 1 aromatic carbocycles. The van der Waals surface area contributed by atoms with E-state index in [1.807, 2.05) is 6.92 Å². The summed E-state index contributed by atoms with van der Waals surface area (Å²) in [5.74, 6) is 5.10. The van der Waals surface area contributed by atoms with Crippen molar-refractivity contribution in [2.45, 2.75) is 39.0 Å². The van der Waals surface area contributed by atoms with Gasteiger partial charge in [0.05, 0.1) is 39.7 Å². The minimum Gasteiger partial charge on any atom is -0.368 e. The second-order valence-electron chi connectivity index (χ2n) is 10.0. The molecular formula is C30H22F4N8O2. The lowest BCUT2D eigenvalue weighted by Gasteiger charge is -2.17. The number of carbonyl (C=O) groups is 2. The number of azo groups is 1. The number of benzene rings is 1. The number of aromatic nitrogens is 4. The highest BCUT2D eigenvalue weighted by atomic mass is 19.4. The van der Waals surface area contributed by atoms with Crippen LogP contribution in [0.15, 0.2) is 47.0 Å². The van der Waals surface area contributed by atoms with E-state index in [9.17, 15) is 27.2 Å². The first kappa shape index (κ1) is 28.7. The van der Waals surface area contributed by atoms with Crippen LogP contribution in [0, 0.1) is 17.7 Å². The molecule has 0 radical (unpaired) electrons. The van der Waals surface area contributed by atoms with Gasteiger partial charge < -0.3 is 4.90 Å². The summed E-state index contributed by atoms with van der Waals surface area (Å²) in [5, 5.41) is 16.5. The molecule has 0 aliphatic carbocycles. The molecule has 10 nitrogen and oxygen atoms in total. The lowest BCUT2D eigenvalue weighted by molar-refractivity contribution is -0.137. The van der Waals surface area contributed by atoms with Crippen molar-refractivity contribution in [1.82, 2.24) is 30.0 Å². The number of hydrogen-bond donors (Lipinski definition) is 1. The fourth-order valence-electron chi connectivity index (χ4n) is 5.09. The van der Waals surface area contributed by atoms with Crippen LogP contribution in [0.4, 0.5) is 23.4 Å². The quantitative estimate of drug-likeness (QED) is 0.213. The molecule has 0 bridgehead atoms. The van der Waals surface area contributed by atoms with Crippen LogP contribution in [0.25, 0.3) is 23.4 Å². The van der Waals surface area contributed by atoms with Crippen LogP contribution in [-0.4, -0.2) is 48.3 Å². The Bertz CT molecular complexity index is 2040. The van der Waals surface area contributed by atoms with Crippen molar-refractivity contribution in [3.63, 3.8) is 0 Å². The van der Waals surface area contributed by atoms with Gasteiger partial charge in [-0.3, -0.25) is 19.6 Å². The van der Waals surface area contributed by atoms with Gasteiger partial charge in [-0.1, -0.05) is 6.92 Å². The molecule has 0 saturated carbocycles. The fraction of sp³-hybridized carbons (Fsp3) is 0.233. The Hall–Kier alpha value is -5.45. The number of aromatic amines is 1. The predicted octanol–water partition coefficient (Wildman–Crippen LogP) is 4.19. The van der Waals surface area contributed by atoms with Crippen LogP contribution in [0.5, 0.6) is 0 Å². The molecule has 1 N–H and O–H groups in total. The zero-order valence-electron chi connectivity index (χ0n) is 23.1. The van der Waals surface area contributed by atoms with Crippen LogP contribution >= 0.6 is 0 Å². The number of rotatable bonds is 4. The maximum absolute atomic E-state index is 13.9. The van der Waals surface area contributed by atoms with Crippen molar-refractivity contribution in [2.24, 2.45) is 10.2 Å². The van der Waals surface area contributed by atoms with Crippen molar-refractivity contribution in [2.75, 3.05) is 6.54 Å². The summed E-state index contributed by atoms with van der Waals surface area (Å²) in [6.07, 6.45) is 4.73. The van der Waals surface area contributed by atoms with Crippen molar-refractivity contribution in [3.8, 4) is 11.8 Å². The van der Waals surface area contributed by atoms with E-state index in [4.69, 9.17) is 0 Å². The average molecular weight is 603 g/mol. The highest BCUT2D eigenvalue weighted by Crippen LogP contribution is 2.31. The summed E-state index contributed by atoms with van der Waals surface area (Å²) in [7, 11) is 0. The molecule has 0 unspecified atom stereocenters. The van der Waals surface area contributed by atoms with Crippen LogP contribution < -0.4 is 10.4 Å². The number of carbonyl (C=O) groups excluding carboxylic acids is 2. The van der Waals surface area contributed by atoms with Crippen molar-refractivity contribution in [1.29, 1.82) is 0 Å². The average Bonchev–Trinajstić information content (AvgIpc) is 3.78. The molecule has 14 heteroatoms. The second kappa shape index (κ2) is 11.3. The topological polar surface area (TPSA) is 120 Å². The number of alkyl halides is 3. The first-order valence-electron chi connectivity index (χ1n) is 13.5. The van der Waals surface area contributed by atoms with E-state index in [0.717, 1.165) is 40.6 Å². The molecule has 3 aliphatic rings. The molecule has 0 atom stereocenters. The molecule has 44 heavy (non-hydrogen) atoms. The van der Waals surface area contributed by atoms with Crippen molar-refractivity contribution < 1.29 is 27.2 Å². The minimum atomic E-state index is -4.50. The van der Waals surface area contributed by atoms with Gasteiger partial charge in [-0.15, -0.1) is 17.0 Å². The summed E-state index contributed by atoms with van der Waals surface area (Å²) < 4.78 is 52.3. The van der Waals surface area contributed by atoms with Crippen LogP contribution in [0.1, 0.15) is 57.2 Å². The third-order valence-electron chi connectivity index (χ3n) is 7.17. The second-order valence-corrected chi connectivity index (χ2v) is 10.0. The number of amides is 2. The van der Waals surface area contributed by atoms with Crippen LogP contribution in [0.2, 0.25) is 0 Å². The van der Waals surface area contributed by atoms with E-state index in [-0.39, 0.29) is 23.9 Å². The molecule has 4 aromatic rings. The summed E-state index contributed by atoms with van der Waals surface area (Å²) in [6, 6.07) is 2.45. The molecular weight excluding hydrogens is 580 g/mol. The fourth-order valence-corrected chi connectivity index (χ4v) is 5.09. The van der Waals surface area contributed by atoms with Gasteiger partial charge in [0.25, 0.3) is 11.8 Å². The number of pyridine rings is 2. The summed E-state index contributed by atoms with van der Waals surface area (Å²) in [5.41, 5.74) is 1.28. The predicted molar refractivity (Wildman–Crippen MR) is 150 cm³/mol. The maximum atomic E-state index is 13.9. The number of imide groups is 1. The Balaban J connectivity index is 0.000000159. The van der Waals surface area contributed by atoms with E-state index in [1.54, 1.807) is 23.5 Å². The Kier molecular flexibility index (Phi) is 7.38. The van der Waals surface area contributed by atoms with Gasteiger partial charge in [-0.05, 0) is 23.8 Å². The highest BCUT2D eigenvalue weighted by molar-refractivity contribution is 6.25. The SMILES string of the molecule is CCC#CCCN1C(=O)c2cnc3[nH]ncc3c2C1=O.Fc1ccc(C(F)(F)F)cc1CN1C=c2c(cnc3c2=CN=N3)C1. The third-order valence-corrected chi connectivity index (χ3v) is 7.17. The number of H-pyrrole nitrogens is 1. The van der Waals surface area contributed by atoms with Gasteiger partial charge in [0.1, 0.15) is 5.82 Å². The number of halogens is 4. The zero-order valence-corrected chi connectivity index (χ0v) is 23.1. The van der Waals surface area contributed by atoms with E-state index in [1.165, 1.54) is 17.3 Å². The van der Waals surface area contributed by atoms with Gasteiger partial charge in [0.2, 0.25) is 0 Å². The van der Waals surface area contributed by atoms with Crippen molar-refractivity contribution >= 4 is 41.1 Å². The van der Waals surface area contributed by atoms with E-state index >= 15 is 0 Å². The first-order chi connectivity index (χ1) is 21.2. The Morgan fingerprint density at radius 2 is 1.89 bits per heavy atom. The van der Waals surface area contributed by atoms with Crippen molar-refractivity contribution in [3.05, 3.63) is 80.9 Å². The van der Waals surface area contributed by atoms with E-state index in [2.05, 4.69) is 42.2 Å². The van der Waals surface area contributed by atoms with Gasteiger partial charge in [-0.2, -0.15) is 23.4 Å². The number of nitrogens with zero attached hydrogens (tertiary/aromatic N) is 7. The third kappa shape index (κ3) is 5.28. The largest absolute Gasteiger partial charge is 0.416 e. The molecule has 222 valence electrons. The molecule has 0 fully saturated rings. The smallest absolute Gasteiger partial charge is 0.368 e. The van der Waals surface area contributed by atoms with Crippen LogP contribution in [-0.2, 0) is 19.3 Å². The Morgan fingerprint density at radius 1 is 1.05 bits per heavy atom. The molecule has 6 heterocycles. The molecule has 0 spiro atoms. The van der Waals surface area contributed by atoms with E-state index < -0.39 is 17.6 Å². The molecule has 3 aromatic heterocycles. The number of fused-ring (bicyclic) bond motifs is 6. The molecule has 0 saturated heterocycles. The molecule has 7 rings (SSSR count). The van der Waals surface area contributed by atoms with Gasteiger partial charge >= 0.3 is 6.18 Å². The number of hydrogen-bond acceptors (Lipinski definition) is 8. The number of nitrogens with one attached hydrogen (secondary N) is 1. The zero-order chi connectivity index (χ0) is 31.0. The summed E-state index contributed by atoms with van der Waals surface area (Å²) in [4.78, 5) is 35.8. The molecule has 2 amide bonds. The Labute approximate surface area is 246 Å². The van der Waals surface area contributed by atoms with Crippen LogP contribution in [0.3, 0.4) is 0 Å². The Morgan fingerprint density at radius 3 is 2.68 bits per heavy atom. The maximum Gasteiger partial charge on any atom is 0.416 e. The lowest BCUT2D eigenvalue weighted by Crippen LogP contribution is -2.30. The van der Waals surface area contributed by atoms with Gasteiger partial charge in [-0.25, -0.2) is 14.4 Å². The summed E-state index contributed by atoms with van der Waals surface area (Å²) in [6.45, 7) is 2.74. The molecule has 3 aliphatic heterocycles. The van der Waals surface area contributed by atoms with E-state index in [0.29, 0.717) is 47.5 Å². The minimum absolute atomic E-state index is 0.00293. The summed E-state index contributed by atoms with van der Waals surface area (Å²) >= 11 is 0. The lowest BCUT2D eigenvalue weighted by atomic mass is 10.1. The van der Waals surface area contributed by atoms with Gasteiger partial charge in [0.15, 0.2) is 11.5 Å². The highest BCUT2D eigenvalue weighted by Gasteiger charge is 2.37. The normalized spacial score (nSPS) is 14.4. The first-order valence-corrected chi connectivity index (χ1v) is 13.5. The standard InChI is InChI=1S/C16H10F4N4.C14H12N4O2/c17-14-2-1-11(16(18,19)20)3-9(14)6-24-7-10-4-21-15-12(5-22-23-15)13(10)8-24;1-2-3-4-5-6-18-13(19)10-7-15-12-9(8-16-17-12)11(10)14(18)20/h1-5,8H,6-7H2;7-8H,2,5-6H2,1H3,(H,15,16,17). The monoisotopic (exact) mass is 602 g/mol.